The Morgan fingerprint density at radius 3 is 1.27 bits per heavy atom. The van der Waals surface area contributed by atoms with Crippen molar-refractivity contribution in [2.24, 2.45) is 0 Å². The van der Waals surface area contributed by atoms with Gasteiger partial charge in [0.25, 0.3) is 0 Å². The first-order chi connectivity index (χ1) is 7.38. The molecule has 0 amide bonds. The molecule has 0 aliphatic carbocycles. The van der Waals surface area contributed by atoms with E-state index in [0.717, 1.165) is 0 Å². The standard InChI is InChI=1S/C12H10.H3O2P/c1-3-7-11(8-4-1)12-9-5-2-6-10-12;1-3-2/h1-10H;3H2,(H,1,2). The van der Waals surface area contributed by atoms with Crippen LogP contribution < -0.4 is 0 Å². The van der Waals surface area contributed by atoms with Gasteiger partial charge in [-0.15, -0.1) is 0 Å². The lowest BCUT2D eigenvalue weighted by atomic mass is 10.1. The second-order valence-corrected chi connectivity index (χ2v) is 3.05. The molecule has 3 heteroatoms. The van der Waals surface area contributed by atoms with E-state index in [9.17, 15) is 0 Å². The van der Waals surface area contributed by atoms with Crippen molar-refractivity contribution in [1.82, 2.24) is 0 Å². The molecule has 0 saturated heterocycles. The summed E-state index contributed by atoms with van der Waals surface area (Å²) >= 11 is 0. The van der Waals surface area contributed by atoms with Crippen molar-refractivity contribution in [3.05, 3.63) is 60.7 Å². The third-order valence-electron chi connectivity index (χ3n) is 1.88. The lowest BCUT2D eigenvalue weighted by Crippen LogP contribution is -1.73. The minimum Gasteiger partial charge on any atom is -0.348 e. The molecule has 0 aromatic heterocycles. The fourth-order valence-corrected chi connectivity index (χ4v) is 1.26. The van der Waals surface area contributed by atoms with Crippen LogP contribution in [0.25, 0.3) is 11.1 Å². The minimum absolute atomic E-state index is 1.28. The lowest BCUT2D eigenvalue weighted by Gasteiger charge is -1.98. The molecule has 0 fully saturated rings. The molecule has 0 bridgehead atoms. The van der Waals surface area contributed by atoms with E-state index in [1.54, 1.807) is 0 Å². The van der Waals surface area contributed by atoms with Gasteiger partial charge in [0.1, 0.15) is 0 Å². The number of benzene rings is 2. The van der Waals surface area contributed by atoms with Gasteiger partial charge in [0.05, 0.1) is 0 Å². The number of rotatable bonds is 1. The average Bonchev–Trinajstić information content (AvgIpc) is 2.32. The smallest absolute Gasteiger partial charge is 0.177 e. The van der Waals surface area contributed by atoms with E-state index < -0.39 is 8.69 Å². The maximum absolute atomic E-state index is 8.57. The third kappa shape index (κ3) is 4.11. The van der Waals surface area contributed by atoms with Crippen LogP contribution in [0.1, 0.15) is 0 Å². The molecule has 0 aliphatic rings. The SMILES string of the molecule is O=[PH2]O.c1ccc(-c2ccccc2)cc1. The van der Waals surface area contributed by atoms with Crippen molar-refractivity contribution in [3.63, 3.8) is 0 Å². The Hall–Kier alpha value is -1.37. The van der Waals surface area contributed by atoms with Gasteiger partial charge in [-0.05, 0) is 11.1 Å². The zero-order valence-corrected chi connectivity index (χ0v) is 9.36. The molecule has 1 unspecified atom stereocenters. The summed E-state index contributed by atoms with van der Waals surface area (Å²) < 4.78 is 8.57. The summed E-state index contributed by atoms with van der Waals surface area (Å²) in [5.41, 5.74) is 2.55. The second kappa shape index (κ2) is 6.99. The van der Waals surface area contributed by atoms with Gasteiger partial charge in [0.2, 0.25) is 0 Å². The average molecular weight is 220 g/mol. The molecular formula is C12H13O2P. The van der Waals surface area contributed by atoms with Gasteiger partial charge in [-0.1, -0.05) is 60.7 Å². The van der Waals surface area contributed by atoms with Crippen LogP contribution in [0, 0.1) is 0 Å². The first-order valence-electron chi connectivity index (χ1n) is 4.57. The van der Waals surface area contributed by atoms with Crippen LogP contribution in [0.15, 0.2) is 60.7 Å². The van der Waals surface area contributed by atoms with Crippen LogP contribution in [-0.4, -0.2) is 4.89 Å². The van der Waals surface area contributed by atoms with Gasteiger partial charge in [0.15, 0.2) is 8.69 Å². The van der Waals surface area contributed by atoms with E-state index in [2.05, 4.69) is 48.5 Å². The topological polar surface area (TPSA) is 37.3 Å². The van der Waals surface area contributed by atoms with Crippen LogP contribution in [0.2, 0.25) is 0 Å². The monoisotopic (exact) mass is 220 g/mol. The third-order valence-corrected chi connectivity index (χ3v) is 1.88. The first kappa shape index (κ1) is 11.7. The van der Waals surface area contributed by atoms with Crippen molar-refractivity contribution in [1.29, 1.82) is 0 Å². The molecule has 0 heterocycles. The number of hydrogen-bond acceptors (Lipinski definition) is 1. The highest BCUT2D eigenvalue weighted by Gasteiger charge is 1.91. The molecule has 78 valence electrons. The summed E-state index contributed by atoms with van der Waals surface area (Å²) in [6.45, 7) is 0. The predicted octanol–water partition coefficient (Wildman–Crippen LogP) is 3.00. The lowest BCUT2D eigenvalue weighted by molar-refractivity contribution is 0.524. The fraction of sp³-hybridized carbons (Fsp3) is 0. The Kier molecular flexibility index (Phi) is 5.46. The van der Waals surface area contributed by atoms with Gasteiger partial charge in [-0.2, -0.15) is 0 Å². The summed E-state index contributed by atoms with van der Waals surface area (Å²) in [5.74, 6) is 0. The van der Waals surface area contributed by atoms with E-state index >= 15 is 0 Å². The van der Waals surface area contributed by atoms with Crippen LogP contribution >= 0.6 is 8.69 Å². The fourth-order valence-electron chi connectivity index (χ4n) is 1.26. The Labute approximate surface area is 90.5 Å². The highest BCUT2D eigenvalue weighted by atomic mass is 31.1. The Morgan fingerprint density at radius 2 is 1.00 bits per heavy atom. The molecule has 2 aromatic rings. The van der Waals surface area contributed by atoms with Crippen molar-refractivity contribution >= 4 is 8.69 Å². The normalized spacial score (nSPS) is 9.67. The zero-order chi connectivity index (χ0) is 10.9. The van der Waals surface area contributed by atoms with Gasteiger partial charge in [-0.25, -0.2) is 0 Å². The van der Waals surface area contributed by atoms with Crippen LogP contribution in [-0.2, 0) is 4.57 Å². The molecule has 2 aromatic carbocycles. The zero-order valence-electron chi connectivity index (χ0n) is 8.21. The van der Waals surface area contributed by atoms with Gasteiger partial charge in [-0.3, -0.25) is 4.57 Å². The van der Waals surface area contributed by atoms with Gasteiger partial charge < -0.3 is 4.89 Å². The van der Waals surface area contributed by atoms with Crippen LogP contribution in [0.4, 0.5) is 0 Å². The van der Waals surface area contributed by atoms with Gasteiger partial charge >= 0.3 is 0 Å². The summed E-state index contributed by atoms with van der Waals surface area (Å²) in [5, 5.41) is 0. The van der Waals surface area contributed by atoms with Crippen LogP contribution in [0.3, 0.4) is 0 Å². The van der Waals surface area contributed by atoms with E-state index in [0.29, 0.717) is 0 Å². The molecule has 1 N–H and O–H groups in total. The predicted molar refractivity (Wildman–Crippen MR) is 64.5 cm³/mol. The molecule has 0 saturated carbocycles. The van der Waals surface area contributed by atoms with E-state index in [-0.39, 0.29) is 0 Å². The van der Waals surface area contributed by atoms with Gasteiger partial charge in [0, 0.05) is 0 Å². The molecule has 2 rings (SSSR count). The maximum Gasteiger partial charge on any atom is 0.177 e. The molecule has 15 heavy (non-hydrogen) atoms. The summed E-state index contributed by atoms with van der Waals surface area (Å²) in [6.07, 6.45) is 0. The Bertz CT molecular complexity index is 349. The number of hydrogen-bond donors (Lipinski definition) is 1. The second-order valence-electron chi connectivity index (χ2n) is 2.84. The largest absolute Gasteiger partial charge is 0.348 e. The quantitative estimate of drug-likeness (QED) is 0.750. The molecule has 0 radical (unpaired) electrons. The van der Waals surface area contributed by atoms with Crippen molar-refractivity contribution in [3.8, 4) is 11.1 Å². The maximum atomic E-state index is 8.57. The molecular weight excluding hydrogens is 207 g/mol. The minimum atomic E-state index is -1.50. The molecule has 0 aliphatic heterocycles. The molecule has 2 nitrogen and oxygen atoms in total. The van der Waals surface area contributed by atoms with E-state index in [4.69, 9.17) is 9.46 Å². The van der Waals surface area contributed by atoms with E-state index in [1.165, 1.54) is 11.1 Å². The molecule has 0 spiro atoms. The van der Waals surface area contributed by atoms with Crippen molar-refractivity contribution in [2.75, 3.05) is 0 Å². The van der Waals surface area contributed by atoms with Crippen molar-refractivity contribution in [2.45, 2.75) is 0 Å². The summed E-state index contributed by atoms with van der Waals surface area (Å²) in [6, 6.07) is 20.8. The highest BCUT2D eigenvalue weighted by molar-refractivity contribution is 7.16. The Balaban J connectivity index is 0.000000337. The first-order valence-corrected chi connectivity index (χ1v) is 5.55. The summed E-state index contributed by atoms with van der Waals surface area (Å²) in [4.78, 5) is 7.10. The summed E-state index contributed by atoms with van der Waals surface area (Å²) in [7, 11) is -1.50. The molecule has 1 atom stereocenters. The van der Waals surface area contributed by atoms with Crippen LogP contribution in [0.5, 0.6) is 0 Å². The van der Waals surface area contributed by atoms with E-state index in [1.807, 2.05) is 12.1 Å². The Morgan fingerprint density at radius 1 is 0.733 bits per heavy atom. The highest BCUT2D eigenvalue weighted by Crippen LogP contribution is 2.17. The van der Waals surface area contributed by atoms with Crippen molar-refractivity contribution < 1.29 is 9.46 Å².